The Bertz CT molecular complexity index is 455. The van der Waals surface area contributed by atoms with Crippen molar-refractivity contribution in [3.8, 4) is 0 Å². The van der Waals surface area contributed by atoms with Crippen LogP contribution in [0.4, 0.5) is 0 Å². The number of benzene rings is 1. The molecule has 0 bridgehead atoms. The zero-order valence-electron chi connectivity index (χ0n) is 11.1. The third-order valence-corrected chi connectivity index (χ3v) is 4.64. The molecule has 1 amide bonds. The van der Waals surface area contributed by atoms with E-state index in [-0.39, 0.29) is 18.1 Å². The average molecular weight is 344 g/mol. The number of hydrogen-bond acceptors (Lipinski definition) is 3. The van der Waals surface area contributed by atoms with E-state index in [1.54, 1.807) is 11.8 Å². The van der Waals surface area contributed by atoms with Gasteiger partial charge >= 0.3 is 0 Å². The van der Waals surface area contributed by atoms with E-state index in [1.807, 2.05) is 42.3 Å². The van der Waals surface area contributed by atoms with Crippen molar-refractivity contribution in [3.63, 3.8) is 0 Å². The second kappa shape index (κ2) is 6.77. The van der Waals surface area contributed by atoms with Gasteiger partial charge in [0.2, 0.25) is 0 Å². The maximum absolute atomic E-state index is 12.6. The molecular formula is C14H18BrNO2S. The summed E-state index contributed by atoms with van der Waals surface area (Å²) in [4.78, 5) is 15.6. The monoisotopic (exact) mass is 343 g/mol. The highest BCUT2D eigenvalue weighted by molar-refractivity contribution is 9.09. The number of carbonyl (C=O) groups excluding carboxylic acids is 1. The van der Waals surface area contributed by atoms with Crippen molar-refractivity contribution in [2.45, 2.75) is 24.0 Å². The van der Waals surface area contributed by atoms with Crippen molar-refractivity contribution in [1.29, 1.82) is 0 Å². The quantitative estimate of drug-likeness (QED) is 0.624. The lowest BCUT2D eigenvalue weighted by Crippen LogP contribution is -2.49. The highest BCUT2D eigenvalue weighted by Crippen LogP contribution is 2.23. The summed E-state index contributed by atoms with van der Waals surface area (Å²) in [6, 6.07) is 7.77. The molecule has 2 atom stereocenters. The minimum Gasteiger partial charge on any atom is -0.371 e. The highest BCUT2D eigenvalue weighted by Gasteiger charge is 2.29. The Labute approximate surface area is 126 Å². The molecule has 104 valence electrons. The van der Waals surface area contributed by atoms with Crippen LogP contribution in [0.2, 0.25) is 0 Å². The van der Waals surface area contributed by atoms with Crippen LogP contribution in [-0.2, 0) is 4.74 Å². The average Bonchev–Trinajstić information content (AvgIpc) is 2.45. The first-order valence-electron chi connectivity index (χ1n) is 6.29. The molecule has 0 aromatic heterocycles. The normalized spacial score (nSPS) is 23.4. The summed E-state index contributed by atoms with van der Waals surface area (Å²) in [6.07, 6.45) is 2.16. The first-order valence-corrected chi connectivity index (χ1v) is 8.64. The predicted octanol–water partition coefficient (Wildman–Crippen LogP) is 3.03. The molecule has 1 heterocycles. The molecule has 0 aliphatic carbocycles. The zero-order valence-corrected chi connectivity index (χ0v) is 13.5. The fraction of sp³-hybridized carbons (Fsp3) is 0.500. The lowest BCUT2D eigenvalue weighted by Gasteiger charge is -2.36. The van der Waals surface area contributed by atoms with E-state index in [1.165, 1.54) is 0 Å². The van der Waals surface area contributed by atoms with E-state index in [4.69, 9.17) is 4.74 Å². The van der Waals surface area contributed by atoms with Crippen molar-refractivity contribution < 1.29 is 9.53 Å². The number of morpholine rings is 1. The lowest BCUT2D eigenvalue weighted by atomic mass is 10.1. The summed E-state index contributed by atoms with van der Waals surface area (Å²) in [5.74, 6) is 0.103. The number of alkyl halides is 1. The van der Waals surface area contributed by atoms with Crippen molar-refractivity contribution in [2.75, 3.05) is 24.7 Å². The number of ether oxygens (including phenoxy) is 1. The van der Waals surface area contributed by atoms with Crippen molar-refractivity contribution in [1.82, 2.24) is 4.90 Å². The predicted molar refractivity (Wildman–Crippen MR) is 82.3 cm³/mol. The summed E-state index contributed by atoms with van der Waals surface area (Å²) in [5.41, 5.74) is 0.789. The first kappa shape index (κ1) is 14.9. The molecule has 0 radical (unpaired) electrons. The fourth-order valence-electron chi connectivity index (χ4n) is 2.29. The molecule has 3 nitrogen and oxygen atoms in total. The third kappa shape index (κ3) is 3.52. The second-order valence-electron chi connectivity index (χ2n) is 4.63. The Morgan fingerprint density at radius 2 is 2.21 bits per heavy atom. The Kier molecular flexibility index (Phi) is 5.30. The van der Waals surface area contributed by atoms with Crippen LogP contribution in [0.25, 0.3) is 0 Å². The smallest absolute Gasteiger partial charge is 0.255 e. The van der Waals surface area contributed by atoms with Gasteiger partial charge in [0, 0.05) is 23.3 Å². The number of rotatable bonds is 3. The van der Waals surface area contributed by atoms with E-state index in [2.05, 4.69) is 15.9 Å². The van der Waals surface area contributed by atoms with Gasteiger partial charge in [-0.2, -0.15) is 0 Å². The van der Waals surface area contributed by atoms with Gasteiger partial charge in [0.1, 0.15) is 0 Å². The second-order valence-corrected chi connectivity index (χ2v) is 6.13. The van der Waals surface area contributed by atoms with Crippen molar-refractivity contribution >= 4 is 33.6 Å². The molecule has 2 unspecified atom stereocenters. The van der Waals surface area contributed by atoms with Crippen LogP contribution >= 0.6 is 27.7 Å². The Morgan fingerprint density at radius 3 is 2.89 bits per heavy atom. The van der Waals surface area contributed by atoms with E-state index >= 15 is 0 Å². The Balaban J connectivity index is 2.18. The minimum absolute atomic E-state index is 0.0779. The summed E-state index contributed by atoms with van der Waals surface area (Å²) < 4.78 is 5.76. The van der Waals surface area contributed by atoms with E-state index in [0.717, 1.165) is 15.8 Å². The zero-order chi connectivity index (χ0) is 13.8. The SMILES string of the molecule is CSc1ccccc1C(=O)N1CC(C)OC(CBr)C1. The van der Waals surface area contributed by atoms with Gasteiger partial charge in [0.25, 0.3) is 5.91 Å². The van der Waals surface area contributed by atoms with Gasteiger partial charge in [-0.1, -0.05) is 28.1 Å². The Hall–Kier alpha value is -0.520. The van der Waals surface area contributed by atoms with Gasteiger partial charge in [-0.15, -0.1) is 11.8 Å². The fourth-order valence-corrected chi connectivity index (χ4v) is 3.24. The lowest BCUT2D eigenvalue weighted by molar-refractivity contribution is -0.0560. The maximum atomic E-state index is 12.6. The van der Waals surface area contributed by atoms with Crippen LogP contribution in [0.1, 0.15) is 17.3 Å². The topological polar surface area (TPSA) is 29.5 Å². The van der Waals surface area contributed by atoms with Gasteiger partial charge < -0.3 is 9.64 Å². The largest absolute Gasteiger partial charge is 0.371 e. The van der Waals surface area contributed by atoms with Crippen LogP contribution in [0.3, 0.4) is 0 Å². The minimum atomic E-state index is 0.0779. The first-order chi connectivity index (χ1) is 9.15. The van der Waals surface area contributed by atoms with Crippen molar-refractivity contribution in [2.24, 2.45) is 0 Å². The number of nitrogens with zero attached hydrogens (tertiary/aromatic N) is 1. The molecule has 1 fully saturated rings. The van der Waals surface area contributed by atoms with Crippen LogP contribution < -0.4 is 0 Å². The summed E-state index contributed by atoms with van der Waals surface area (Å²) in [5, 5.41) is 0.755. The molecule has 1 aliphatic heterocycles. The molecule has 1 aromatic rings. The molecule has 0 N–H and O–H groups in total. The summed E-state index contributed by atoms with van der Waals surface area (Å²) in [6.45, 7) is 3.32. The number of carbonyl (C=O) groups is 1. The third-order valence-electron chi connectivity index (χ3n) is 3.12. The molecule has 5 heteroatoms. The molecule has 1 saturated heterocycles. The Morgan fingerprint density at radius 1 is 1.47 bits per heavy atom. The molecular weight excluding hydrogens is 326 g/mol. The molecule has 19 heavy (non-hydrogen) atoms. The number of halogens is 1. The molecule has 2 rings (SSSR count). The summed E-state index contributed by atoms with van der Waals surface area (Å²) >= 11 is 5.04. The van der Waals surface area contributed by atoms with Crippen LogP contribution in [0.15, 0.2) is 29.2 Å². The van der Waals surface area contributed by atoms with Gasteiger partial charge in [-0.3, -0.25) is 4.79 Å². The van der Waals surface area contributed by atoms with Crippen LogP contribution in [-0.4, -0.2) is 47.7 Å². The van der Waals surface area contributed by atoms with Gasteiger partial charge in [-0.25, -0.2) is 0 Å². The van der Waals surface area contributed by atoms with E-state index < -0.39 is 0 Å². The highest BCUT2D eigenvalue weighted by atomic mass is 79.9. The number of hydrogen-bond donors (Lipinski definition) is 0. The molecule has 0 saturated carbocycles. The van der Waals surface area contributed by atoms with E-state index in [9.17, 15) is 4.79 Å². The van der Waals surface area contributed by atoms with Crippen LogP contribution in [0, 0.1) is 0 Å². The van der Waals surface area contributed by atoms with Gasteiger partial charge in [0.05, 0.1) is 17.8 Å². The maximum Gasteiger partial charge on any atom is 0.255 e. The summed E-state index contributed by atoms with van der Waals surface area (Å²) in [7, 11) is 0. The molecule has 1 aromatic carbocycles. The molecule has 0 spiro atoms. The van der Waals surface area contributed by atoms with Gasteiger partial charge in [0.15, 0.2) is 0 Å². The molecule has 1 aliphatic rings. The van der Waals surface area contributed by atoms with Crippen LogP contribution in [0.5, 0.6) is 0 Å². The van der Waals surface area contributed by atoms with Gasteiger partial charge in [-0.05, 0) is 25.3 Å². The standard InChI is InChI=1S/C14H18BrNO2S/c1-10-8-16(9-11(7-15)18-10)14(17)12-5-3-4-6-13(12)19-2/h3-6,10-11H,7-9H2,1-2H3. The van der Waals surface area contributed by atoms with E-state index in [0.29, 0.717) is 13.1 Å². The number of thioether (sulfide) groups is 1. The number of amides is 1. The van der Waals surface area contributed by atoms with Crippen molar-refractivity contribution in [3.05, 3.63) is 29.8 Å².